The molecule has 3 unspecified atom stereocenters. The summed E-state index contributed by atoms with van der Waals surface area (Å²) >= 11 is 0. The third-order valence-corrected chi connectivity index (χ3v) is 4.90. The number of fused-ring (bicyclic) bond motifs is 2. The van der Waals surface area contributed by atoms with Crippen LogP contribution in [-0.2, 0) is 9.59 Å². The number of hydrogen-bond acceptors (Lipinski definition) is 3. The van der Waals surface area contributed by atoms with E-state index in [2.05, 4.69) is 10.2 Å². The van der Waals surface area contributed by atoms with Crippen LogP contribution in [0.3, 0.4) is 0 Å². The summed E-state index contributed by atoms with van der Waals surface area (Å²) in [6, 6.07) is 0.470. The standard InChI is InChI=1S/C12H18N2O2/c1-8-11(16)13-10(15)7-12(8)4-6-14-5-2-3-9(12)14/h8-9H,2-7H2,1H3,(H,13,15,16). The Morgan fingerprint density at radius 1 is 1.38 bits per heavy atom. The molecular weight excluding hydrogens is 204 g/mol. The van der Waals surface area contributed by atoms with Crippen LogP contribution in [0.1, 0.15) is 32.6 Å². The molecule has 88 valence electrons. The van der Waals surface area contributed by atoms with E-state index in [4.69, 9.17) is 0 Å². The molecule has 0 aromatic rings. The van der Waals surface area contributed by atoms with Crippen molar-refractivity contribution in [3.8, 4) is 0 Å². The van der Waals surface area contributed by atoms with Crippen LogP contribution in [-0.4, -0.2) is 35.8 Å². The molecule has 3 aliphatic heterocycles. The second kappa shape index (κ2) is 3.29. The monoisotopic (exact) mass is 222 g/mol. The highest BCUT2D eigenvalue weighted by Crippen LogP contribution is 2.51. The van der Waals surface area contributed by atoms with Crippen LogP contribution in [0.15, 0.2) is 0 Å². The average molecular weight is 222 g/mol. The largest absolute Gasteiger partial charge is 0.300 e. The lowest BCUT2D eigenvalue weighted by Crippen LogP contribution is -2.54. The number of amides is 2. The highest BCUT2D eigenvalue weighted by atomic mass is 16.2. The minimum absolute atomic E-state index is 0.0155. The van der Waals surface area contributed by atoms with Crippen molar-refractivity contribution >= 4 is 11.8 Å². The van der Waals surface area contributed by atoms with Crippen molar-refractivity contribution in [1.29, 1.82) is 0 Å². The minimum Gasteiger partial charge on any atom is -0.300 e. The Morgan fingerprint density at radius 2 is 2.19 bits per heavy atom. The van der Waals surface area contributed by atoms with Gasteiger partial charge in [0.25, 0.3) is 0 Å². The van der Waals surface area contributed by atoms with Crippen LogP contribution in [0, 0.1) is 11.3 Å². The molecule has 4 heteroatoms. The van der Waals surface area contributed by atoms with E-state index in [0.29, 0.717) is 12.5 Å². The van der Waals surface area contributed by atoms with Gasteiger partial charge in [0, 0.05) is 23.8 Å². The van der Waals surface area contributed by atoms with Crippen molar-refractivity contribution in [2.45, 2.75) is 38.6 Å². The average Bonchev–Trinajstić information content (AvgIpc) is 2.79. The molecule has 3 rings (SSSR count). The second-order valence-electron chi connectivity index (χ2n) is 5.49. The molecule has 1 N–H and O–H groups in total. The van der Waals surface area contributed by atoms with Gasteiger partial charge in [0.1, 0.15) is 0 Å². The molecule has 3 heterocycles. The molecular formula is C12H18N2O2. The van der Waals surface area contributed by atoms with Crippen LogP contribution >= 0.6 is 0 Å². The zero-order chi connectivity index (χ0) is 11.3. The van der Waals surface area contributed by atoms with E-state index in [1.807, 2.05) is 6.92 Å². The Kier molecular flexibility index (Phi) is 2.11. The van der Waals surface area contributed by atoms with Gasteiger partial charge in [-0.3, -0.25) is 19.8 Å². The molecule has 3 saturated heterocycles. The molecule has 3 fully saturated rings. The van der Waals surface area contributed by atoms with Crippen LogP contribution in [0.25, 0.3) is 0 Å². The molecule has 0 aliphatic carbocycles. The first kappa shape index (κ1) is 10.3. The highest BCUT2D eigenvalue weighted by Gasteiger charge is 2.56. The van der Waals surface area contributed by atoms with Gasteiger partial charge < -0.3 is 0 Å². The first-order chi connectivity index (χ1) is 7.63. The predicted octanol–water partition coefficient (Wildman–Crippen LogP) is 0.523. The third-order valence-electron chi connectivity index (χ3n) is 4.90. The van der Waals surface area contributed by atoms with E-state index in [9.17, 15) is 9.59 Å². The van der Waals surface area contributed by atoms with Crippen LogP contribution in [0.2, 0.25) is 0 Å². The Morgan fingerprint density at radius 3 is 3.00 bits per heavy atom. The summed E-state index contributed by atoms with van der Waals surface area (Å²) in [4.78, 5) is 25.9. The van der Waals surface area contributed by atoms with Gasteiger partial charge in [-0.05, 0) is 32.4 Å². The third kappa shape index (κ3) is 1.19. The molecule has 3 aliphatic rings. The number of piperidine rings is 1. The fourth-order valence-corrected chi connectivity index (χ4v) is 3.98. The van der Waals surface area contributed by atoms with Crippen molar-refractivity contribution in [3.05, 3.63) is 0 Å². The quantitative estimate of drug-likeness (QED) is 0.608. The van der Waals surface area contributed by atoms with E-state index in [1.54, 1.807) is 0 Å². The van der Waals surface area contributed by atoms with E-state index in [-0.39, 0.29) is 23.1 Å². The van der Waals surface area contributed by atoms with Gasteiger partial charge in [-0.1, -0.05) is 6.92 Å². The number of imide groups is 1. The Balaban J connectivity index is 1.96. The van der Waals surface area contributed by atoms with Crippen molar-refractivity contribution < 1.29 is 9.59 Å². The molecule has 0 radical (unpaired) electrons. The van der Waals surface area contributed by atoms with Gasteiger partial charge >= 0.3 is 0 Å². The maximum Gasteiger partial charge on any atom is 0.230 e. The first-order valence-corrected chi connectivity index (χ1v) is 6.21. The van der Waals surface area contributed by atoms with Crippen molar-refractivity contribution in [1.82, 2.24) is 10.2 Å². The summed E-state index contributed by atoms with van der Waals surface area (Å²) in [5.41, 5.74) is -0.0596. The molecule has 0 saturated carbocycles. The van der Waals surface area contributed by atoms with Gasteiger partial charge in [-0.2, -0.15) is 0 Å². The zero-order valence-corrected chi connectivity index (χ0v) is 9.66. The number of rotatable bonds is 0. The lowest BCUT2D eigenvalue weighted by Gasteiger charge is -2.42. The van der Waals surface area contributed by atoms with Gasteiger partial charge in [0.15, 0.2) is 0 Å². The predicted molar refractivity (Wildman–Crippen MR) is 58.6 cm³/mol. The fraction of sp³-hybridized carbons (Fsp3) is 0.833. The van der Waals surface area contributed by atoms with Crippen molar-refractivity contribution in [2.75, 3.05) is 13.1 Å². The summed E-state index contributed by atoms with van der Waals surface area (Å²) in [7, 11) is 0. The summed E-state index contributed by atoms with van der Waals surface area (Å²) in [5, 5.41) is 2.46. The first-order valence-electron chi connectivity index (χ1n) is 6.21. The molecule has 0 aromatic heterocycles. The number of carbonyl (C=O) groups excluding carboxylic acids is 2. The summed E-state index contributed by atoms with van der Waals surface area (Å²) < 4.78 is 0. The Labute approximate surface area is 95.4 Å². The van der Waals surface area contributed by atoms with Gasteiger partial charge in [0.05, 0.1) is 0 Å². The van der Waals surface area contributed by atoms with E-state index >= 15 is 0 Å². The topological polar surface area (TPSA) is 49.4 Å². The maximum atomic E-state index is 11.8. The SMILES string of the molecule is CC1C(=O)NC(=O)CC12CCN1CCCC12. The number of nitrogens with one attached hydrogen (secondary N) is 1. The van der Waals surface area contributed by atoms with Crippen molar-refractivity contribution in [3.63, 3.8) is 0 Å². The number of nitrogens with zero attached hydrogens (tertiary/aromatic N) is 1. The van der Waals surface area contributed by atoms with E-state index in [1.165, 1.54) is 6.42 Å². The minimum atomic E-state index is -0.0724. The lowest BCUT2D eigenvalue weighted by molar-refractivity contribution is -0.144. The lowest BCUT2D eigenvalue weighted by atomic mass is 9.65. The normalized spacial score (nSPS) is 43.8. The van der Waals surface area contributed by atoms with E-state index < -0.39 is 0 Å². The smallest absolute Gasteiger partial charge is 0.230 e. The zero-order valence-electron chi connectivity index (χ0n) is 9.66. The Hall–Kier alpha value is -0.900. The molecule has 0 bridgehead atoms. The van der Waals surface area contributed by atoms with Gasteiger partial charge in [0.2, 0.25) is 11.8 Å². The van der Waals surface area contributed by atoms with E-state index in [0.717, 1.165) is 25.9 Å². The molecule has 0 aromatic carbocycles. The highest BCUT2D eigenvalue weighted by molar-refractivity contribution is 5.99. The molecule has 16 heavy (non-hydrogen) atoms. The van der Waals surface area contributed by atoms with Crippen molar-refractivity contribution in [2.24, 2.45) is 11.3 Å². The molecule has 1 spiro atoms. The van der Waals surface area contributed by atoms with Gasteiger partial charge in [-0.15, -0.1) is 0 Å². The number of carbonyl (C=O) groups is 2. The molecule has 3 atom stereocenters. The summed E-state index contributed by atoms with van der Waals surface area (Å²) in [6.07, 6.45) is 3.93. The number of hydrogen-bond donors (Lipinski definition) is 1. The molecule has 2 amide bonds. The van der Waals surface area contributed by atoms with Crippen LogP contribution in [0.4, 0.5) is 0 Å². The van der Waals surface area contributed by atoms with Gasteiger partial charge in [-0.25, -0.2) is 0 Å². The summed E-state index contributed by atoms with van der Waals surface area (Å²) in [6.45, 7) is 4.20. The Bertz CT molecular complexity index is 355. The molecule has 4 nitrogen and oxygen atoms in total. The maximum absolute atomic E-state index is 11.8. The van der Waals surface area contributed by atoms with Crippen LogP contribution < -0.4 is 5.32 Å². The summed E-state index contributed by atoms with van der Waals surface area (Å²) in [5.74, 6) is -0.153. The second-order valence-corrected chi connectivity index (χ2v) is 5.49. The fourth-order valence-electron chi connectivity index (χ4n) is 3.98. The van der Waals surface area contributed by atoms with Crippen LogP contribution in [0.5, 0.6) is 0 Å².